The number of alkyl halides is 3. The molecule has 0 fully saturated rings. The van der Waals surface area contributed by atoms with E-state index in [2.05, 4.69) is 0 Å². The Morgan fingerprint density at radius 3 is 1.91 bits per heavy atom. The molecule has 0 aromatic heterocycles. The van der Waals surface area contributed by atoms with E-state index in [0.717, 1.165) is 12.5 Å². The lowest BCUT2D eigenvalue weighted by molar-refractivity contribution is -0.227. The van der Waals surface area contributed by atoms with Crippen LogP contribution in [-0.4, -0.2) is 36.1 Å². The lowest BCUT2D eigenvalue weighted by atomic mass is 9.96. The molecule has 0 aliphatic heterocycles. The molecule has 0 aliphatic carbocycles. The van der Waals surface area contributed by atoms with E-state index in [1.807, 2.05) is 6.92 Å². The van der Waals surface area contributed by atoms with Crippen LogP contribution < -0.4 is 0 Å². The highest BCUT2D eigenvalue weighted by Gasteiger charge is 2.49. The van der Waals surface area contributed by atoms with Gasteiger partial charge in [0.25, 0.3) is 5.78 Å². The van der Waals surface area contributed by atoms with Crippen molar-refractivity contribution < 1.29 is 37.0 Å². The van der Waals surface area contributed by atoms with Crippen LogP contribution in [0.5, 0.6) is 0 Å². The molecule has 2 aromatic rings. The SMILES string of the molecule is Cc1cc(C)c(C(=O)C(=O)OC(C)C(C)C(OC(=O)c2ccccc2)C(F)(F)F)c(C)c1. The van der Waals surface area contributed by atoms with Crippen molar-refractivity contribution in [1.82, 2.24) is 0 Å². The normalized spacial score (nSPS) is 14.2. The molecule has 0 amide bonds. The van der Waals surface area contributed by atoms with Crippen LogP contribution in [0.15, 0.2) is 42.5 Å². The Morgan fingerprint density at radius 1 is 0.875 bits per heavy atom. The van der Waals surface area contributed by atoms with Gasteiger partial charge in [-0.3, -0.25) is 4.79 Å². The first kappa shape index (κ1) is 25.1. The maximum absolute atomic E-state index is 13.6. The van der Waals surface area contributed by atoms with Gasteiger partial charge in [0.05, 0.1) is 5.56 Å². The molecule has 0 heterocycles. The number of halogens is 3. The number of hydrogen-bond acceptors (Lipinski definition) is 5. The van der Waals surface area contributed by atoms with E-state index in [1.54, 1.807) is 32.0 Å². The van der Waals surface area contributed by atoms with Crippen molar-refractivity contribution >= 4 is 17.7 Å². The Bertz CT molecular complexity index is 975. The van der Waals surface area contributed by atoms with Gasteiger partial charge in [0.2, 0.25) is 6.10 Å². The fourth-order valence-electron chi connectivity index (χ4n) is 3.45. The van der Waals surface area contributed by atoms with Gasteiger partial charge in [-0.1, -0.05) is 42.8 Å². The third-order valence-electron chi connectivity index (χ3n) is 5.17. The monoisotopic (exact) mass is 450 g/mol. The van der Waals surface area contributed by atoms with Gasteiger partial charge >= 0.3 is 18.1 Å². The molecule has 0 radical (unpaired) electrons. The van der Waals surface area contributed by atoms with Gasteiger partial charge in [-0.25, -0.2) is 9.59 Å². The number of hydrogen-bond donors (Lipinski definition) is 0. The average Bonchev–Trinajstić information content (AvgIpc) is 2.70. The number of ketones is 1. The van der Waals surface area contributed by atoms with Crippen LogP contribution in [0.2, 0.25) is 0 Å². The summed E-state index contributed by atoms with van der Waals surface area (Å²) >= 11 is 0. The zero-order valence-electron chi connectivity index (χ0n) is 18.4. The van der Waals surface area contributed by atoms with Gasteiger partial charge in [-0.05, 0) is 51.0 Å². The Labute approximate surface area is 184 Å². The number of aryl methyl sites for hydroxylation is 3. The molecule has 5 nitrogen and oxygen atoms in total. The van der Waals surface area contributed by atoms with E-state index in [9.17, 15) is 27.6 Å². The molecule has 2 rings (SSSR count). The highest BCUT2D eigenvalue weighted by molar-refractivity contribution is 6.41. The number of rotatable bonds is 7. The molecule has 8 heteroatoms. The Balaban J connectivity index is 2.17. The Hall–Kier alpha value is -3.16. The highest BCUT2D eigenvalue weighted by Crippen LogP contribution is 2.32. The van der Waals surface area contributed by atoms with Gasteiger partial charge in [-0.2, -0.15) is 13.2 Å². The van der Waals surface area contributed by atoms with E-state index in [4.69, 9.17) is 9.47 Å². The van der Waals surface area contributed by atoms with E-state index < -0.39 is 42.0 Å². The molecule has 3 atom stereocenters. The lowest BCUT2D eigenvalue weighted by Crippen LogP contribution is -2.44. The predicted molar refractivity (Wildman–Crippen MR) is 111 cm³/mol. The number of carbonyl (C=O) groups is 3. The zero-order valence-corrected chi connectivity index (χ0v) is 18.4. The van der Waals surface area contributed by atoms with Gasteiger partial charge in [-0.15, -0.1) is 0 Å². The molecule has 172 valence electrons. The molecule has 0 saturated carbocycles. The van der Waals surface area contributed by atoms with Gasteiger partial charge < -0.3 is 9.47 Å². The number of esters is 2. The average molecular weight is 450 g/mol. The van der Waals surface area contributed by atoms with Crippen molar-refractivity contribution in [3.63, 3.8) is 0 Å². The predicted octanol–water partition coefficient (Wildman–Crippen LogP) is 5.15. The maximum atomic E-state index is 13.6. The van der Waals surface area contributed by atoms with Crippen LogP contribution in [0, 0.1) is 26.7 Å². The van der Waals surface area contributed by atoms with Crippen molar-refractivity contribution in [1.29, 1.82) is 0 Å². The second kappa shape index (κ2) is 9.97. The minimum absolute atomic E-state index is 0.0425. The molecular weight excluding hydrogens is 425 g/mol. The maximum Gasteiger partial charge on any atom is 0.425 e. The highest BCUT2D eigenvalue weighted by atomic mass is 19.4. The minimum Gasteiger partial charge on any atom is -0.456 e. The lowest BCUT2D eigenvalue weighted by Gasteiger charge is -2.29. The second-order valence-corrected chi connectivity index (χ2v) is 7.81. The Morgan fingerprint density at radius 2 is 1.41 bits per heavy atom. The largest absolute Gasteiger partial charge is 0.456 e. The van der Waals surface area contributed by atoms with E-state index >= 15 is 0 Å². The van der Waals surface area contributed by atoms with Crippen LogP contribution >= 0.6 is 0 Å². The van der Waals surface area contributed by atoms with Crippen LogP contribution in [0.1, 0.15) is 51.3 Å². The first-order valence-electron chi connectivity index (χ1n) is 9.98. The number of Topliss-reactive ketones (excluding diaryl/α,β-unsaturated/α-hetero) is 1. The van der Waals surface area contributed by atoms with Crippen molar-refractivity contribution in [3.8, 4) is 0 Å². The van der Waals surface area contributed by atoms with Crippen LogP contribution in [-0.2, 0) is 14.3 Å². The van der Waals surface area contributed by atoms with Crippen LogP contribution in [0.4, 0.5) is 13.2 Å². The van der Waals surface area contributed by atoms with Crippen molar-refractivity contribution in [3.05, 3.63) is 70.3 Å². The summed E-state index contributed by atoms with van der Waals surface area (Å²) in [5.74, 6) is -4.82. The summed E-state index contributed by atoms with van der Waals surface area (Å²) in [6.45, 7) is 7.52. The third kappa shape index (κ3) is 5.96. The third-order valence-corrected chi connectivity index (χ3v) is 5.17. The molecule has 0 aliphatic rings. The number of ether oxygens (including phenoxy) is 2. The number of benzene rings is 2. The fourth-order valence-corrected chi connectivity index (χ4v) is 3.45. The van der Waals surface area contributed by atoms with Gasteiger partial charge in [0, 0.05) is 11.5 Å². The molecule has 0 N–H and O–H groups in total. The van der Waals surface area contributed by atoms with Crippen LogP contribution in [0.25, 0.3) is 0 Å². The molecule has 2 aromatic carbocycles. The molecule has 0 bridgehead atoms. The molecule has 3 unspecified atom stereocenters. The van der Waals surface area contributed by atoms with Crippen molar-refractivity contribution in [2.24, 2.45) is 5.92 Å². The summed E-state index contributed by atoms with van der Waals surface area (Å²) in [7, 11) is 0. The summed E-state index contributed by atoms with van der Waals surface area (Å²) in [4.78, 5) is 37.2. The van der Waals surface area contributed by atoms with Crippen molar-refractivity contribution in [2.45, 2.75) is 53.0 Å². The summed E-state index contributed by atoms with van der Waals surface area (Å²) in [5.41, 5.74) is 2.15. The fraction of sp³-hybridized carbons (Fsp3) is 0.375. The van der Waals surface area contributed by atoms with E-state index in [0.29, 0.717) is 11.1 Å². The molecule has 0 spiro atoms. The molecular formula is C24H25F3O5. The van der Waals surface area contributed by atoms with Crippen LogP contribution in [0.3, 0.4) is 0 Å². The van der Waals surface area contributed by atoms with E-state index in [-0.39, 0.29) is 11.1 Å². The summed E-state index contributed by atoms with van der Waals surface area (Å²) in [5, 5.41) is 0. The summed E-state index contributed by atoms with van der Waals surface area (Å²) in [6.07, 6.45) is -8.79. The van der Waals surface area contributed by atoms with Crippen molar-refractivity contribution in [2.75, 3.05) is 0 Å². The summed E-state index contributed by atoms with van der Waals surface area (Å²) < 4.78 is 50.7. The topological polar surface area (TPSA) is 69.7 Å². The quantitative estimate of drug-likeness (QED) is 0.332. The Kier molecular flexibility index (Phi) is 7.83. The van der Waals surface area contributed by atoms with Gasteiger partial charge in [0.1, 0.15) is 6.10 Å². The van der Waals surface area contributed by atoms with Gasteiger partial charge in [0.15, 0.2) is 0 Å². The first-order valence-corrected chi connectivity index (χ1v) is 9.98. The number of carbonyl (C=O) groups excluding carboxylic acids is 3. The standard InChI is InChI=1S/C24H25F3O5/c1-13-11-14(2)19(15(3)12-13)20(28)23(30)31-17(5)16(4)21(24(25,26)27)32-22(29)18-9-7-6-8-10-18/h6-12,16-17,21H,1-5H3. The molecule has 0 saturated heterocycles. The summed E-state index contributed by atoms with van der Waals surface area (Å²) in [6, 6.07) is 10.7. The zero-order chi connectivity index (χ0) is 24.2. The molecule has 32 heavy (non-hydrogen) atoms. The second-order valence-electron chi connectivity index (χ2n) is 7.81. The first-order chi connectivity index (χ1) is 14.8. The minimum atomic E-state index is -4.90. The van der Waals surface area contributed by atoms with E-state index in [1.165, 1.54) is 31.2 Å². The smallest absolute Gasteiger partial charge is 0.425 e.